The molecule has 2 amide bonds. The summed E-state index contributed by atoms with van der Waals surface area (Å²) in [6.07, 6.45) is 0. The highest BCUT2D eigenvalue weighted by molar-refractivity contribution is 7.89. The summed E-state index contributed by atoms with van der Waals surface area (Å²) in [7, 11) is -3.90. The first kappa shape index (κ1) is 22.4. The Hall–Kier alpha value is -2.91. The fraction of sp³-hybridized carbons (Fsp3) is 0.300. The number of hydrogen-bond acceptors (Lipinski definition) is 5. The summed E-state index contributed by atoms with van der Waals surface area (Å²) in [6.45, 7) is 6.91. The van der Waals surface area contributed by atoms with E-state index in [4.69, 9.17) is 4.74 Å². The Morgan fingerprint density at radius 2 is 1.72 bits per heavy atom. The van der Waals surface area contributed by atoms with Gasteiger partial charge in [0.2, 0.25) is 21.8 Å². The van der Waals surface area contributed by atoms with Gasteiger partial charge < -0.3 is 15.4 Å². The quantitative estimate of drug-likeness (QED) is 0.609. The highest BCUT2D eigenvalue weighted by atomic mass is 32.2. The molecule has 8 nitrogen and oxygen atoms in total. The van der Waals surface area contributed by atoms with Crippen molar-refractivity contribution in [1.82, 2.24) is 4.72 Å². The molecule has 0 fully saturated rings. The average molecular weight is 420 g/mol. The van der Waals surface area contributed by atoms with Crippen LogP contribution in [0.2, 0.25) is 0 Å². The van der Waals surface area contributed by atoms with Crippen molar-refractivity contribution >= 4 is 33.2 Å². The number of rotatable bonds is 8. The van der Waals surface area contributed by atoms with Gasteiger partial charge in [0.05, 0.1) is 17.5 Å². The fourth-order valence-corrected chi connectivity index (χ4v) is 3.88. The van der Waals surface area contributed by atoms with Gasteiger partial charge in [0.1, 0.15) is 5.75 Å². The van der Waals surface area contributed by atoms with Crippen LogP contribution in [0.3, 0.4) is 0 Å². The number of hydrogen-bond donors (Lipinski definition) is 3. The lowest BCUT2D eigenvalue weighted by Crippen LogP contribution is -2.41. The van der Waals surface area contributed by atoms with Crippen LogP contribution in [-0.4, -0.2) is 32.9 Å². The second-order valence-electron chi connectivity index (χ2n) is 6.45. The lowest BCUT2D eigenvalue weighted by molar-refractivity contribution is -0.117. The van der Waals surface area contributed by atoms with E-state index in [0.717, 1.165) is 0 Å². The van der Waals surface area contributed by atoms with Crippen LogP contribution in [0.4, 0.5) is 11.4 Å². The number of ether oxygens (including phenoxy) is 1. The summed E-state index contributed by atoms with van der Waals surface area (Å²) in [5, 5.41) is 5.24. The van der Waals surface area contributed by atoms with Gasteiger partial charge >= 0.3 is 0 Å². The molecule has 156 valence electrons. The zero-order valence-corrected chi connectivity index (χ0v) is 17.6. The first-order chi connectivity index (χ1) is 13.6. The molecule has 0 aliphatic carbocycles. The lowest BCUT2D eigenvalue weighted by Gasteiger charge is -2.16. The minimum Gasteiger partial charge on any atom is -0.494 e. The first-order valence-electron chi connectivity index (χ1n) is 9.06. The summed E-state index contributed by atoms with van der Waals surface area (Å²) in [5.74, 6) is -0.159. The van der Waals surface area contributed by atoms with Gasteiger partial charge in [-0.1, -0.05) is 6.07 Å². The molecule has 0 saturated heterocycles. The molecule has 0 saturated carbocycles. The number of carbonyl (C=O) groups is 2. The second kappa shape index (κ2) is 9.53. The van der Waals surface area contributed by atoms with Crippen LogP contribution in [0.5, 0.6) is 5.75 Å². The Balaban J connectivity index is 2.08. The number of amides is 2. The van der Waals surface area contributed by atoms with Crippen molar-refractivity contribution < 1.29 is 22.7 Å². The summed E-state index contributed by atoms with van der Waals surface area (Å²) in [4.78, 5) is 23.6. The number of benzene rings is 2. The standard InChI is InChI=1S/C20H25N3O5S/c1-5-28-19-10-9-18(11-13(19)2)29(26,27)23-14(3)20(25)22-17-8-6-7-16(12-17)21-15(4)24/h6-12,14,23H,5H2,1-4H3,(H,21,24)(H,22,25)/t14-/m0/s1. The van der Waals surface area contributed by atoms with Gasteiger partial charge in [0.15, 0.2) is 0 Å². The van der Waals surface area contributed by atoms with Crippen molar-refractivity contribution in [1.29, 1.82) is 0 Å². The Bertz CT molecular complexity index is 1000. The van der Waals surface area contributed by atoms with Gasteiger partial charge in [-0.25, -0.2) is 8.42 Å². The van der Waals surface area contributed by atoms with Crippen molar-refractivity contribution in [2.75, 3.05) is 17.2 Å². The third-order valence-corrected chi connectivity index (χ3v) is 5.47. The van der Waals surface area contributed by atoms with E-state index in [0.29, 0.717) is 29.3 Å². The Morgan fingerprint density at radius 3 is 2.31 bits per heavy atom. The van der Waals surface area contributed by atoms with E-state index in [9.17, 15) is 18.0 Å². The maximum Gasteiger partial charge on any atom is 0.242 e. The van der Waals surface area contributed by atoms with Crippen molar-refractivity contribution in [3.05, 3.63) is 48.0 Å². The summed E-state index contributed by atoms with van der Waals surface area (Å²) >= 11 is 0. The van der Waals surface area contributed by atoms with Crippen LogP contribution < -0.4 is 20.1 Å². The maximum absolute atomic E-state index is 12.6. The Labute approximate surface area is 170 Å². The zero-order chi connectivity index (χ0) is 21.6. The highest BCUT2D eigenvalue weighted by Gasteiger charge is 2.23. The van der Waals surface area contributed by atoms with Crippen LogP contribution in [-0.2, 0) is 19.6 Å². The molecule has 0 radical (unpaired) electrons. The molecule has 9 heteroatoms. The van der Waals surface area contributed by atoms with Crippen LogP contribution in [0.1, 0.15) is 26.3 Å². The topological polar surface area (TPSA) is 114 Å². The molecule has 0 spiro atoms. The van der Waals surface area contributed by atoms with E-state index < -0.39 is 22.0 Å². The van der Waals surface area contributed by atoms with E-state index in [1.54, 1.807) is 37.3 Å². The predicted molar refractivity (Wildman–Crippen MR) is 112 cm³/mol. The molecule has 0 bridgehead atoms. The monoisotopic (exact) mass is 419 g/mol. The van der Waals surface area contributed by atoms with Crippen LogP contribution in [0.15, 0.2) is 47.4 Å². The maximum atomic E-state index is 12.6. The van der Waals surface area contributed by atoms with Gasteiger partial charge in [-0.2, -0.15) is 4.72 Å². The molecule has 3 N–H and O–H groups in total. The molecule has 0 heterocycles. The zero-order valence-electron chi connectivity index (χ0n) is 16.8. The molecule has 0 unspecified atom stereocenters. The van der Waals surface area contributed by atoms with Crippen molar-refractivity contribution in [2.45, 2.75) is 38.6 Å². The van der Waals surface area contributed by atoms with Crippen LogP contribution in [0.25, 0.3) is 0 Å². The molecule has 2 rings (SSSR count). The molecule has 2 aromatic carbocycles. The van der Waals surface area contributed by atoms with E-state index in [1.807, 2.05) is 6.92 Å². The molecule has 2 aromatic rings. The van der Waals surface area contributed by atoms with Crippen molar-refractivity contribution in [3.63, 3.8) is 0 Å². The molecular weight excluding hydrogens is 394 g/mol. The molecular formula is C20H25N3O5S. The lowest BCUT2D eigenvalue weighted by atomic mass is 10.2. The molecule has 0 aliphatic heterocycles. The molecule has 1 atom stereocenters. The van der Waals surface area contributed by atoms with Gasteiger partial charge in [0, 0.05) is 18.3 Å². The van der Waals surface area contributed by atoms with Gasteiger partial charge in [-0.3, -0.25) is 9.59 Å². The number of carbonyl (C=O) groups excluding carboxylic acids is 2. The van der Waals surface area contributed by atoms with Crippen molar-refractivity contribution in [3.8, 4) is 5.75 Å². The minimum absolute atomic E-state index is 0.0470. The smallest absolute Gasteiger partial charge is 0.242 e. The van der Waals surface area contributed by atoms with Gasteiger partial charge in [-0.15, -0.1) is 0 Å². The summed E-state index contributed by atoms with van der Waals surface area (Å²) < 4.78 is 33.0. The number of aryl methyl sites for hydroxylation is 1. The first-order valence-corrected chi connectivity index (χ1v) is 10.5. The van der Waals surface area contributed by atoms with Crippen LogP contribution >= 0.6 is 0 Å². The predicted octanol–water partition coefficient (Wildman–Crippen LogP) is 2.66. The Kier molecular flexibility index (Phi) is 7.35. The highest BCUT2D eigenvalue weighted by Crippen LogP contribution is 2.22. The van der Waals surface area contributed by atoms with E-state index in [-0.39, 0.29) is 10.8 Å². The van der Waals surface area contributed by atoms with Crippen molar-refractivity contribution in [2.24, 2.45) is 0 Å². The number of anilines is 2. The van der Waals surface area contributed by atoms with Gasteiger partial charge in [-0.05, 0) is 62.7 Å². The summed E-state index contributed by atoms with van der Waals surface area (Å²) in [5.41, 5.74) is 1.64. The Morgan fingerprint density at radius 1 is 1.07 bits per heavy atom. The minimum atomic E-state index is -3.90. The third-order valence-electron chi connectivity index (χ3n) is 3.93. The van der Waals surface area contributed by atoms with E-state index in [1.165, 1.54) is 26.0 Å². The van der Waals surface area contributed by atoms with Gasteiger partial charge in [0.25, 0.3) is 0 Å². The van der Waals surface area contributed by atoms with E-state index >= 15 is 0 Å². The largest absolute Gasteiger partial charge is 0.494 e. The third kappa shape index (κ3) is 6.30. The fourth-order valence-electron chi connectivity index (χ4n) is 2.59. The number of sulfonamides is 1. The van der Waals surface area contributed by atoms with Crippen LogP contribution in [0, 0.1) is 6.92 Å². The molecule has 29 heavy (non-hydrogen) atoms. The number of nitrogens with one attached hydrogen (secondary N) is 3. The summed E-state index contributed by atoms with van der Waals surface area (Å²) in [6, 6.07) is 10.1. The second-order valence-corrected chi connectivity index (χ2v) is 8.17. The van der Waals surface area contributed by atoms with E-state index in [2.05, 4.69) is 15.4 Å². The normalized spacial score (nSPS) is 12.1. The SMILES string of the molecule is CCOc1ccc(S(=O)(=O)N[C@@H](C)C(=O)Nc2cccc(NC(C)=O)c2)cc1C. The molecule has 0 aliphatic rings. The molecule has 0 aromatic heterocycles. The average Bonchev–Trinajstić information content (AvgIpc) is 2.62.